The third kappa shape index (κ3) is 2.63. The Morgan fingerprint density at radius 1 is 1.32 bits per heavy atom. The molecule has 8 heteroatoms. The molecule has 8 nitrogen and oxygen atoms in total. The van der Waals surface area contributed by atoms with Crippen LogP contribution in [-0.2, 0) is 25.7 Å². The topological polar surface area (TPSA) is 103 Å². The lowest BCUT2D eigenvalue weighted by Gasteiger charge is -2.14. The normalized spacial score (nSPS) is 23.8. The summed E-state index contributed by atoms with van der Waals surface area (Å²) in [7, 11) is 0. The molecule has 0 bridgehead atoms. The van der Waals surface area contributed by atoms with Crippen molar-refractivity contribution in [3.8, 4) is 0 Å². The van der Waals surface area contributed by atoms with Gasteiger partial charge < -0.3 is 9.26 Å². The number of carbonyl (C=O) groups excluding carboxylic acids is 3. The van der Waals surface area contributed by atoms with Gasteiger partial charge in [0.1, 0.15) is 6.54 Å². The van der Waals surface area contributed by atoms with Crippen molar-refractivity contribution in [2.45, 2.75) is 26.4 Å². The van der Waals surface area contributed by atoms with Crippen molar-refractivity contribution in [1.82, 2.24) is 15.0 Å². The predicted octanol–water partition coefficient (Wildman–Crippen LogP) is 0.372. The molecular weight excluding hydrogens is 290 g/mol. The van der Waals surface area contributed by atoms with Crippen LogP contribution in [0.25, 0.3) is 0 Å². The van der Waals surface area contributed by atoms with E-state index in [0.29, 0.717) is 18.7 Å². The second-order valence-corrected chi connectivity index (χ2v) is 5.31. The molecule has 116 valence electrons. The number of ether oxygens (including phenoxy) is 1. The number of hydrogen-bond donors (Lipinski definition) is 0. The maximum absolute atomic E-state index is 12.2. The third-order valence-corrected chi connectivity index (χ3v) is 3.81. The molecule has 1 aromatic rings. The molecule has 1 saturated heterocycles. The second-order valence-electron chi connectivity index (χ2n) is 5.31. The highest BCUT2D eigenvalue weighted by atomic mass is 16.6. The zero-order valence-electron chi connectivity index (χ0n) is 12.0. The van der Waals surface area contributed by atoms with E-state index >= 15 is 0 Å². The van der Waals surface area contributed by atoms with E-state index in [9.17, 15) is 14.4 Å². The van der Waals surface area contributed by atoms with E-state index in [-0.39, 0.29) is 42.7 Å². The Kier molecular flexibility index (Phi) is 3.74. The number of amides is 2. The number of carbonyl (C=O) groups is 3. The summed E-state index contributed by atoms with van der Waals surface area (Å²) in [6.45, 7) is 1.09. The number of rotatable bonds is 4. The number of allylic oxidation sites excluding steroid dienone is 2. The van der Waals surface area contributed by atoms with Crippen molar-refractivity contribution < 1.29 is 23.6 Å². The lowest BCUT2D eigenvalue weighted by molar-refractivity contribution is -0.154. The van der Waals surface area contributed by atoms with Gasteiger partial charge in [0.05, 0.1) is 11.8 Å². The molecule has 2 atom stereocenters. The summed E-state index contributed by atoms with van der Waals surface area (Å²) in [6, 6.07) is 0. The summed E-state index contributed by atoms with van der Waals surface area (Å²) in [5.74, 6) is -1.36. The predicted molar refractivity (Wildman–Crippen MR) is 70.9 cm³/mol. The zero-order valence-corrected chi connectivity index (χ0v) is 12.0. The first-order valence-corrected chi connectivity index (χ1v) is 7.01. The summed E-state index contributed by atoms with van der Waals surface area (Å²) >= 11 is 0. The van der Waals surface area contributed by atoms with Crippen LogP contribution >= 0.6 is 0 Å². The highest BCUT2D eigenvalue weighted by Gasteiger charge is 2.47. The Morgan fingerprint density at radius 3 is 2.50 bits per heavy atom. The molecule has 0 N–H and O–H groups in total. The van der Waals surface area contributed by atoms with Gasteiger partial charge in [-0.1, -0.05) is 17.3 Å². The second kappa shape index (κ2) is 5.70. The number of hydrogen-bond acceptors (Lipinski definition) is 7. The van der Waals surface area contributed by atoms with Crippen LogP contribution in [0.5, 0.6) is 0 Å². The number of fused-ring (bicyclic) bond motifs is 1. The van der Waals surface area contributed by atoms with Crippen LogP contribution in [0.2, 0.25) is 0 Å². The summed E-state index contributed by atoms with van der Waals surface area (Å²) in [5, 5.41) is 3.57. The minimum Gasteiger partial charge on any atom is -0.454 e. The molecule has 22 heavy (non-hydrogen) atoms. The summed E-state index contributed by atoms with van der Waals surface area (Å²) < 4.78 is 9.77. The van der Waals surface area contributed by atoms with Crippen LogP contribution in [0, 0.1) is 18.8 Å². The van der Waals surface area contributed by atoms with Gasteiger partial charge in [0, 0.05) is 0 Å². The molecule has 1 aliphatic carbocycles. The van der Waals surface area contributed by atoms with E-state index < -0.39 is 5.97 Å². The van der Waals surface area contributed by atoms with E-state index in [1.165, 1.54) is 0 Å². The molecular formula is C14H15N3O5. The SMILES string of the molecule is Cc1noc(COC(=O)CN2C(=O)[C@@H]3CC=CC[C@H]3C2=O)n1. The smallest absolute Gasteiger partial charge is 0.326 e. The Bertz CT molecular complexity index is 625. The Balaban J connectivity index is 1.57. The molecule has 1 aliphatic heterocycles. The van der Waals surface area contributed by atoms with Gasteiger partial charge in [-0.3, -0.25) is 19.3 Å². The number of imide groups is 1. The van der Waals surface area contributed by atoms with Crippen LogP contribution in [0.3, 0.4) is 0 Å². The molecule has 0 unspecified atom stereocenters. The Morgan fingerprint density at radius 2 is 1.95 bits per heavy atom. The van der Waals surface area contributed by atoms with E-state index in [0.717, 1.165) is 4.90 Å². The first-order valence-electron chi connectivity index (χ1n) is 7.01. The average Bonchev–Trinajstić information content (AvgIpc) is 3.03. The lowest BCUT2D eigenvalue weighted by atomic mass is 9.85. The van der Waals surface area contributed by atoms with Gasteiger partial charge in [-0.25, -0.2) is 0 Å². The first-order chi connectivity index (χ1) is 10.6. The van der Waals surface area contributed by atoms with Gasteiger partial charge in [0.25, 0.3) is 5.89 Å². The van der Waals surface area contributed by atoms with E-state index in [1.54, 1.807) is 6.92 Å². The number of esters is 1. The fraction of sp³-hybridized carbons (Fsp3) is 0.500. The van der Waals surface area contributed by atoms with Crippen molar-refractivity contribution in [2.75, 3.05) is 6.54 Å². The molecule has 2 amide bonds. The molecule has 2 aliphatic rings. The van der Waals surface area contributed by atoms with Gasteiger partial charge in [-0.2, -0.15) is 4.98 Å². The number of likely N-dealkylation sites (tertiary alicyclic amines) is 1. The van der Waals surface area contributed by atoms with Crippen LogP contribution < -0.4 is 0 Å². The van der Waals surface area contributed by atoms with Crippen LogP contribution in [-0.4, -0.2) is 39.4 Å². The van der Waals surface area contributed by atoms with Gasteiger partial charge >= 0.3 is 5.97 Å². The fourth-order valence-electron chi connectivity index (χ4n) is 2.74. The quantitative estimate of drug-likeness (QED) is 0.450. The van der Waals surface area contributed by atoms with Crippen molar-refractivity contribution in [3.63, 3.8) is 0 Å². The number of nitrogens with zero attached hydrogens (tertiary/aromatic N) is 3. The van der Waals surface area contributed by atoms with Gasteiger partial charge in [-0.05, 0) is 19.8 Å². The molecule has 0 spiro atoms. The van der Waals surface area contributed by atoms with Crippen molar-refractivity contribution >= 4 is 17.8 Å². The molecule has 2 heterocycles. The van der Waals surface area contributed by atoms with Crippen LogP contribution in [0.4, 0.5) is 0 Å². The highest BCUT2D eigenvalue weighted by Crippen LogP contribution is 2.34. The van der Waals surface area contributed by atoms with Gasteiger partial charge in [0.15, 0.2) is 12.4 Å². The molecule has 1 fully saturated rings. The number of aryl methyl sites for hydroxylation is 1. The standard InChI is InChI=1S/C14H15N3O5/c1-8-15-11(22-16-8)7-21-12(18)6-17-13(19)9-4-2-3-5-10(9)14(17)20/h2-3,9-10H,4-7H2,1H3/t9-,10-/m1/s1. The van der Waals surface area contributed by atoms with Crippen LogP contribution in [0.15, 0.2) is 16.7 Å². The van der Waals surface area contributed by atoms with Crippen molar-refractivity contribution in [2.24, 2.45) is 11.8 Å². The van der Waals surface area contributed by atoms with Crippen molar-refractivity contribution in [3.05, 3.63) is 23.9 Å². The van der Waals surface area contributed by atoms with E-state index in [1.807, 2.05) is 12.2 Å². The zero-order chi connectivity index (χ0) is 15.7. The minimum absolute atomic E-state index is 0.169. The highest BCUT2D eigenvalue weighted by molar-refractivity contribution is 6.07. The van der Waals surface area contributed by atoms with Crippen LogP contribution in [0.1, 0.15) is 24.6 Å². The summed E-state index contributed by atoms with van der Waals surface area (Å²) in [5.41, 5.74) is 0. The Hall–Kier alpha value is -2.51. The van der Waals surface area contributed by atoms with Crippen molar-refractivity contribution in [1.29, 1.82) is 0 Å². The lowest BCUT2D eigenvalue weighted by Crippen LogP contribution is -2.36. The van der Waals surface area contributed by atoms with Gasteiger partial charge in [0.2, 0.25) is 11.8 Å². The maximum Gasteiger partial charge on any atom is 0.326 e. The monoisotopic (exact) mass is 305 g/mol. The fourth-order valence-corrected chi connectivity index (χ4v) is 2.74. The molecule has 0 saturated carbocycles. The molecule has 3 rings (SSSR count). The minimum atomic E-state index is -0.677. The first kappa shape index (κ1) is 14.4. The number of aromatic nitrogens is 2. The summed E-state index contributed by atoms with van der Waals surface area (Å²) in [6.07, 6.45) is 4.88. The van der Waals surface area contributed by atoms with E-state index in [4.69, 9.17) is 9.26 Å². The molecule has 0 radical (unpaired) electrons. The van der Waals surface area contributed by atoms with Gasteiger partial charge in [-0.15, -0.1) is 0 Å². The maximum atomic E-state index is 12.2. The average molecular weight is 305 g/mol. The largest absolute Gasteiger partial charge is 0.454 e. The third-order valence-electron chi connectivity index (χ3n) is 3.81. The Labute approximate surface area is 126 Å². The van der Waals surface area contributed by atoms with E-state index in [2.05, 4.69) is 10.1 Å². The molecule has 0 aromatic carbocycles. The summed E-state index contributed by atoms with van der Waals surface area (Å²) in [4.78, 5) is 41.1. The molecule has 1 aromatic heterocycles.